The third kappa shape index (κ3) is 1.82. The second-order valence-corrected chi connectivity index (χ2v) is 5.84. The normalized spacial score (nSPS) is 17.7. The predicted molar refractivity (Wildman–Crippen MR) is 52.8 cm³/mol. The van der Waals surface area contributed by atoms with Crippen molar-refractivity contribution in [1.29, 1.82) is 0 Å². The number of aromatic nitrogens is 2. The zero-order valence-electron chi connectivity index (χ0n) is 9.00. The Labute approximate surface area is 96.1 Å². The summed E-state index contributed by atoms with van der Waals surface area (Å²) < 4.78 is 2.24. The number of alkyl halides is 1. The Hall–Kier alpha value is -0.100. The number of fused-ring (bicyclic) bond motifs is 1. The van der Waals surface area contributed by atoms with E-state index in [1.807, 2.05) is 0 Å². The molecule has 0 bridgehead atoms. The predicted octanol–water partition coefficient (Wildman–Crippen LogP) is -1.87. The van der Waals surface area contributed by atoms with E-state index in [1.54, 1.807) is 0 Å². The summed E-state index contributed by atoms with van der Waals surface area (Å²) in [4.78, 5) is 4.79. The Morgan fingerprint density at radius 2 is 2.29 bits per heavy atom. The third-order valence-electron chi connectivity index (χ3n) is 2.82. The van der Waals surface area contributed by atoms with E-state index in [1.165, 1.54) is 24.2 Å². The minimum absolute atomic E-state index is 0.0695. The van der Waals surface area contributed by atoms with Crippen LogP contribution in [0, 0.1) is 0 Å². The average Bonchev–Trinajstić information content (AvgIpc) is 2.59. The van der Waals surface area contributed by atoms with Crippen LogP contribution >= 0.6 is 0 Å². The van der Waals surface area contributed by atoms with Gasteiger partial charge in [0.25, 0.3) is 0 Å². The number of rotatable bonds is 2. The molecule has 0 radical (unpaired) electrons. The third-order valence-corrected chi connectivity index (χ3v) is 4.57. The van der Waals surface area contributed by atoms with Crippen LogP contribution in [0.4, 0.5) is 0 Å². The van der Waals surface area contributed by atoms with E-state index in [0.29, 0.717) is 6.04 Å². The van der Waals surface area contributed by atoms with Gasteiger partial charge in [-0.3, -0.25) is 0 Å². The fourth-order valence-electron chi connectivity index (χ4n) is 1.87. The summed E-state index contributed by atoms with van der Waals surface area (Å²) in [7, 11) is 0. The van der Waals surface area contributed by atoms with Crippen molar-refractivity contribution in [2.45, 2.75) is 32.9 Å². The summed E-state index contributed by atoms with van der Waals surface area (Å²) in [6, 6.07) is 0.654. The van der Waals surface area contributed by atoms with E-state index in [0.717, 1.165) is 6.54 Å². The van der Waals surface area contributed by atoms with E-state index >= 15 is 0 Å². The summed E-state index contributed by atoms with van der Waals surface area (Å²) in [5.41, 5.74) is 2.95. The molecule has 0 unspecified atom stereocenters. The first-order valence-electron chi connectivity index (χ1n) is 5.02. The molecular formula is C10H17IN3-. The van der Waals surface area contributed by atoms with Crippen molar-refractivity contribution < 1.29 is 21.5 Å². The molecule has 0 saturated heterocycles. The van der Waals surface area contributed by atoms with Crippen LogP contribution in [-0.2, 0) is 13.0 Å². The Kier molecular flexibility index (Phi) is 3.11. The molecule has 1 aromatic heterocycles. The van der Waals surface area contributed by atoms with Crippen LogP contribution in [0.15, 0.2) is 6.20 Å². The van der Waals surface area contributed by atoms with E-state index in [2.05, 4.69) is 37.9 Å². The van der Waals surface area contributed by atoms with Crippen molar-refractivity contribution in [3.8, 4) is 0 Å². The molecular weight excluding hydrogens is 289 g/mol. The van der Waals surface area contributed by atoms with Crippen LogP contribution in [0.1, 0.15) is 25.1 Å². The monoisotopic (exact) mass is 306 g/mol. The van der Waals surface area contributed by atoms with E-state index in [4.69, 9.17) is 0 Å². The Morgan fingerprint density at radius 3 is 2.93 bits per heavy atom. The molecule has 3 nitrogen and oxygen atoms in total. The first-order valence-corrected chi connectivity index (χ1v) is 8.14. The molecule has 14 heavy (non-hydrogen) atoms. The zero-order chi connectivity index (χ0) is 10.1. The molecule has 1 aliphatic rings. The fraction of sp³-hybridized carbons (Fsp3) is 0.700. The van der Waals surface area contributed by atoms with Gasteiger partial charge in [0.15, 0.2) is 0 Å². The van der Waals surface area contributed by atoms with Gasteiger partial charge in [-0.15, -0.1) is 0 Å². The van der Waals surface area contributed by atoms with Gasteiger partial charge in [-0.25, -0.2) is 0 Å². The summed E-state index contributed by atoms with van der Waals surface area (Å²) in [5.74, 6) is 0. The molecule has 0 atom stereocenters. The summed E-state index contributed by atoms with van der Waals surface area (Å²) >= 11 is 0.0695. The van der Waals surface area contributed by atoms with Gasteiger partial charge in [-0.05, 0) is 0 Å². The molecule has 0 saturated carbocycles. The van der Waals surface area contributed by atoms with Crippen LogP contribution in [0.2, 0.25) is 0 Å². The number of hydrogen-bond donors (Lipinski definition) is 0. The van der Waals surface area contributed by atoms with Crippen molar-refractivity contribution in [1.82, 2.24) is 12.9 Å². The Morgan fingerprint density at radius 1 is 1.50 bits per heavy atom. The van der Waals surface area contributed by atoms with E-state index in [9.17, 15) is 0 Å². The first kappa shape index (κ1) is 10.4. The molecule has 0 aliphatic carbocycles. The van der Waals surface area contributed by atoms with Crippen LogP contribution in [-0.4, -0.2) is 30.4 Å². The summed E-state index contributed by atoms with van der Waals surface area (Å²) in [6.45, 7) is 6.83. The fourth-order valence-corrected chi connectivity index (χ4v) is 3.29. The van der Waals surface area contributed by atoms with Gasteiger partial charge < -0.3 is 0 Å². The molecule has 2 heterocycles. The van der Waals surface area contributed by atoms with Gasteiger partial charge in [0, 0.05) is 0 Å². The van der Waals surface area contributed by atoms with E-state index < -0.39 is 0 Å². The zero-order valence-corrected chi connectivity index (χ0v) is 11.2. The van der Waals surface area contributed by atoms with Gasteiger partial charge in [-0.2, -0.15) is 0 Å². The quantitative estimate of drug-likeness (QED) is 0.472. The van der Waals surface area contributed by atoms with Gasteiger partial charge in [0.2, 0.25) is 0 Å². The standard InChI is InChI=1S/C10H17IN3/c1-8(2)13-5-4-9-6-12-14(11-3)10(9)7-13/h6,8H,4-5,7H2,1-3H3/q-1. The van der Waals surface area contributed by atoms with Gasteiger partial charge in [-0.1, -0.05) is 0 Å². The SMILES string of the molecule is C[I-]n1ncc2c1CN(C(C)C)CC2. The number of halogens is 1. The average molecular weight is 306 g/mol. The van der Waals surface area contributed by atoms with Crippen molar-refractivity contribution in [3.63, 3.8) is 0 Å². The second kappa shape index (κ2) is 4.18. The molecule has 0 aromatic carbocycles. The molecule has 0 fully saturated rings. The van der Waals surface area contributed by atoms with E-state index in [-0.39, 0.29) is 21.5 Å². The first-order chi connectivity index (χ1) is 6.72. The topological polar surface area (TPSA) is 21.1 Å². The Balaban J connectivity index is 2.23. The van der Waals surface area contributed by atoms with Crippen LogP contribution in [0.5, 0.6) is 0 Å². The Bertz CT molecular complexity index is 306. The van der Waals surface area contributed by atoms with Crippen molar-refractivity contribution in [2.75, 3.05) is 11.5 Å². The summed E-state index contributed by atoms with van der Waals surface area (Å²) in [6.07, 6.45) is 3.24. The maximum absolute atomic E-state index is 4.45. The van der Waals surface area contributed by atoms with Crippen molar-refractivity contribution in [2.24, 2.45) is 0 Å². The molecule has 0 N–H and O–H groups in total. The molecule has 1 aromatic rings. The van der Waals surface area contributed by atoms with Crippen molar-refractivity contribution in [3.05, 3.63) is 17.5 Å². The molecule has 0 amide bonds. The molecule has 0 spiro atoms. The molecule has 4 heteroatoms. The molecule has 1 aliphatic heterocycles. The maximum atomic E-state index is 4.45. The van der Waals surface area contributed by atoms with Crippen molar-refractivity contribution >= 4 is 0 Å². The number of hydrogen-bond acceptors (Lipinski definition) is 2. The van der Waals surface area contributed by atoms with Crippen LogP contribution in [0.25, 0.3) is 0 Å². The van der Waals surface area contributed by atoms with Gasteiger partial charge in [0.05, 0.1) is 0 Å². The van der Waals surface area contributed by atoms with Crippen LogP contribution < -0.4 is 21.5 Å². The van der Waals surface area contributed by atoms with Gasteiger partial charge >= 0.3 is 96.2 Å². The minimum atomic E-state index is 0.0695. The molecule has 80 valence electrons. The van der Waals surface area contributed by atoms with Gasteiger partial charge in [0.1, 0.15) is 0 Å². The summed E-state index contributed by atoms with van der Waals surface area (Å²) in [5, 5.41) is 4.45. The number of nitrogens with zero attached hydrogens (tertiary/aromatic N) is 3. The molecule has 2 rings (SSSR count). The second-order valence-electron chi connectivity index (χ2n) is 3.96. The van der Waals surface area contributed by atoms with Crippen LogP contribution in [0.3, 0.4) is 0 Å².